The van der Waals surface area contributed by atoms with Crippen molar-refractivity contribution < 1.29 is 19.6 Å². The second kappa shape index (κ2) is 7.63. The number of rotatable bonds is 4. The summed E-state index contributed by atoms with van der Waals surface area (Å²) in [6, 6.07) is 21.8. The summed E-state index contributed by atoms with van der Waals surface area (Å²) in [7, 11) is 0. The zero-order chi connectivity index (χ0) is 21.3. The fourth-order valence-electron chi connectivity index (χ4n) is 3.56. The molecule has 0 aliphatic carbocycles. The van der Waals surface area contributed by atoms with E-state index >= 15 is 0 Å². The quantitative estimate of drug-likeness (QED) is 0.232. The highest BCUT2D eigenvalue weighted by Crippen LogP contribution is 2.42. The third kappa shape index (κ3) is 3.22. The molecule has 1 aliphatic heterocycles. The first-order chi connectivity index (χ1) is 14.5. The Morgan fingerprint density at radius 1 is 0.900 bits per heavy atom. The van der Waals surface area contributed by atoms with E-state index in [9.17, 15) is 24.8 Å². The van der Waals surface area contributed by atoms with Gasteiger partial charge >= 0.3 is 0 Å². The van der Waals surface area contributed by atoms with Gasteiger partial charge in [-0.25, -0.2) is 0 Å². The molecule has 1 heterocycles. The Bertz CT molecular complexity index is 1170. The predicted molar refractivity (Wildman–Crippen MR) is 111 cm³/mol. The fraction of sp³-hybridized carbons (Fsp3) is 0.0435. The van der Waals surface area contributed by atoms with Gasteiger partial charge in [0.25, 0.3) is 17.4 Å². The summed E-state index contributed by atoms with van der Waals surface area (Å²) in [5.74, 6) is -2.01. The molecule has 1 amide bonds. The fourth-order valence-corrected chi connectivity index (χ4v) is 3.56. The van der Waals surface area contributed by atoms with Crippen molar-refractivity contribution >= 4 is 28.8 Å². The maximum absolute atomic E-state index is 13.0. The van der Waals surface area contributed by atoms with E-state index in [0.29, 0.717) is 11.1 Å². The average Bonchev–Trinajstić information content (AvgIpc) is 3.05. The Hall–Kier alpha value is -4.26. The minimum Gasteiger partial charge on any atom is -0.507 e. The smallest absolute Gasteiger partial charge is 0.300 e. The lowest BCUT2D eigenvalue weighted by Crippen LogP contribution is -2.29. The van der Waals surface area contributed by atoms with Crippen LogP contribution in [0.5, 0.6) is 0 Å². The summed E-state index contributed by atoms with van der Waals surface area (Å²) < 4.78 is 0. The minimum absolute atomic E-state index is 0.0658. The number of Topliss-reactive ketones (excluding diaryl/α,β-unsaturated/α-hetero) is 1. The number of hydrogen-bond acceptors (Lipinski definition) is 5. The van der Waals surface area contributed by atoms with Crippen LogP contribution in [0.1, 0.15) is 17.2 Å². The number of ketones is 1. The molecule has 0 aromatic heterocycles. The van der Waals surface area contributed by atoms with Gasteiger partial charge in [-0.1, -0.05) is 66.7 Å². The highest BCUT2D eigenvalue weighted by Gasteiger charge is 2.47. The number of aliphatic hydroxyl groups excluding tert-OH is 1. The molecule has 0 unspecified atom stereocenters. The molecule has 148 valence electrons. The van der Waals surface area contributed by atoms with E-state index in [0.717, 1.165) is 0 Å². The van der Waals surface area contributed by atoms with Gasteiger partial charge in [-0.15, -0.1) is 0 Å². The van der Waals surface area contributed by atoms with Crippen LogP contribution >= 0.6 is 0 Å². The van der Waals surface area contributed by atoms with Gasteiger partial charge in [0.05, 0.1) is 22.2 Å². The van der Waals surface area contributed by atoms with Gasteiger partial charge in [0, 0.05) is 17.7 Å². The van der Waals surface area contributed by atoms with Crippen molar-refractivity contribution in [2.75, 3.05) is 4.90 Å². The van der Waals surface area contributed by atoms with Crippen LogP contribution in [0.3, 0.4) is 0 Å². The number of non-ortho nitro benzene ring substituents is 1. The van der Waals surface area contributed by atoms with E-state index < -0.39 is 22.7 Å². The molecule has 1 fully saturated rings. The van der Waals surface area contributed by atoms with Crippen LogP contribution in [-0.2, 0) is 9.59 Å². The average molecular weight is 400 g/mol. The second-order valence-electron chi connectivity index (χ2n) is 6.72. The SMILES string of the molecule is O=C1C(=O)N(c2cccc([N+](=O)[O-])c2)[C@@H](c2ccccc2)/C1=C(/O)c1ccccc1. The molecule has 4 rings (SSSR count). The van der Waals surface area contributed by atoms with Gasteiger partial charge in [0.1, 0.15) is 5.76 Å². The van der Waals surface area contributed by atoms with Crippen molar-refractivity contribution in [1.29, 1.82) is 0 Å². The lowest BCUT2D eigenvalue weighted by molar-refractivity contribution is -0.384. The van der Waals surface area contributed by atoms with Crippen molar-refractivity contribution in [2.24, 2.45) is 0 Å². The molecule has 1 N–H and O–H groups in total. The van der Waals surface area contributed by atoms with Gasteiger partial charge in [0.15, 0.2) is 0 Å². The number of nitrogens with zero attached hydrogens (tertiary/aromatic N) is 2. The van der Waals surface area contributed by atoms with E-state index in [1.807, 2.05) is 0 Å². The van der Waals surface area contributed by atoms with E-state index in [1.165, 1.54) is 29.2 Å². The highest BCUT2D eigenvalue weighted by atomic mass is 16.6. The predicted octanol–water partition coefficient (Wildman–Crippen LogP) is 4.22. The molecular formula is C23H16N2O5. The molecular weight excluding hydrogens is 384 g/mol. The molecule has 7 heteroatoms. The zero-order valence-corrected chi connectivity index (χ0v) is 15.6. The molecule has 0 saturated carbocycles. The zero-order valence-electron chi connectivity index (χ0n) is 15.6. The summed E-state index contributed by atoms with van der Waals surface area (Å²) in [4.78, 5) is 37.8. The first-order valence-corrected chi connectivity index (χ1v) is 9.15. The van der Waals surface area contributed by atoms with Crippen LogP contribution in [0.2, 0.25) is 0 Å². The Labute approximate surface area is 171 Å². The summed E-state index contributed by atoms with van der Waals surface area (Å²) >= 11 is 0. The number of carbonyl (C=O) groups excluding carboxylic acids is 2. The normalized spacial score (nSPS) is 17.9. The molecule has 3 aromatic rings. The van der Waals surface area contributed by atoms with E-state index in [-0.39, 0.29) is 22.7 Å². The van der Waals surface area contributed by atoms with Crippen molar-refractivity contribution in [1.82, 2.24) is 0 Å². The Kier molecular flexibility index (Phi) is 4.85. The molecule has 1 atom stereocenters. The maximum atomic E-state index is 13.0. The van der Waals surface area contributed by atoms with Crippen molar-refractivity contribution in [2.45, 2.75) is 6.04 Å². The number of hydrogen-bond donors (Lipinski definition) is 1. The van der Waals surface area contributed by atoms with E-state index in [2.05, 4.69) is 0 Å². The molecule has 3 aromatic carbocycles. The van der Waals surface area contributed by atoms with Crippen LogP contribution in [0.25, 0.3) is 5.76 Å². The lowest BCUT2D eigenvalue weighted by Gasteiger charge is -2.25. The van der Waals surface area contributed by atoms with Crippen molar-refractivity contribution in [3.05, 3.63) is 112 Å². The van der Waals surface area contributed by atoms with E-state index in [4.69, 9.17) is 0 Å². The molecule has 1 aliphatic rings. The van der Waals surface area contributed by atoms with Crippen LogP contribution in [-0.4, -0.2) is 21.7 Å². The number of aliphatic hydroxyl groups is 1. The second-order valence-corrected chi connectivity index (χ2v) is 6.72. The summed E-state index contributed by atoms with van der Waals surface area (Å²) in [6.45, 7) is 0. The first-order valence-electron chi connectivity index (χ1n) is 9.15. The van der Waals surface area contributed by atoms with Gasteiger partial charge in [-0.3, -0.25) is 24.6 Å². The summed E-state index contributed by atoms with van der Waals surface area (Å²) in [5.41, 5.74) is 0.927. The lowest BCUT2D eigenvalue weighted by atomic mass is 9.95. The van der Waals surface area contributed by atoms with Gasteiger partial charge < -0.3 is 5.11 Å². The Morgan fingerprint density at radius 3 is 2.17 bits per heavy atom. The van der Waals surface area contributed by atoms with Crippen LogP contribution in [0, 0.1) is 10.1 Å². The molecule has 0 bridgehead atoms. The minimum atomic E-state index is -0.923. The topological polar surface area (TPSA) is 101 Å². The molecule has 7 nitrogen and oxygen atoms in total. The molecule has 1 saturated heterocycles. The van der Waals surface area contributed by atoms with Gasteiger partial charge in [-0.05, 0) is 11.6 Å². The first kappa shape index (κ1) is 19.1. The third-order valence-electron chi connectivity index (χ3n) is 4.93. The van der Waals surface area contributed by atoms with Crippen LogP contribution < -0.4 is 4.90 Å². The number of nitro groups is 1. The molecule has 0 radical (unpaired) electrons. The molecule has 0 spiro atoms. The van der Waals surface area contributed by atoms with Crippen molar-refractivity contribution in [3.8, 4) is 0 Å². The number of nitro benzene ring substituents is 1. The standard InChI is InChI=1S/C23H16N2O5/c26-21(16-10-5-2-6-11-16)19-20(15-8-3-1-4-9-15)24(23(28)22(19)27)17-12-7-13-18(14-17)25(29)30/h1-14,20,26H/b21-19-/t20-/m0/s1. The Balaban J connectivity index is 1.95. The van der Waals surface area contributed by atoms with Crippen molar-refractivity contribution in [3.63, 3.8) is 0 Å². The summed E-state index contributed by atoms with van der Waals surface area (Å²) in [6.07, 6.45) is 0. The number of benzene rings is 3. The molecule has 30 heavy (non-hydrogen) atoms. The highest BCUT2D eigenvalue weighted by molar-refractivity contribution is 6.51. The largest absolute Gasteiger partial charge is 0.507 e. The number of amides is 1. The van der Waals surface area contributed by atoms with Gasteiger partial charge in [0.2, 0.25) is 0 Å². The number of carbonyl (C=O) groups is 2. The van der Waals surface area contributed by atoms with Gasteiger partial charge in [-0.2, -0.15) is 0 Å². The van der Waals surface area contributed by atoms with Crippen LogP contribution in [0.15, 0.2) is 90.5 Å². The third-order valence-corrected chi connectivity index (χ3v) is 4.93. The van der Waals surface area contributed by atoms with Crippen LogP contribution in [0.4, 0.5) is 11.4 Å². The Morgan fingerprint density at radius 2 is 1.53 bits per heavy atom. The maximum Gasteiger partial charge on any atom is 0.300 e. The van der Waals surface area contributed by atoms with E-state index in [1.54, 1.807) is 60.7 Å². The summed E-state index contributed by atoms with van der Waals surface area (Å²) in [5, 5.41) is 22.1. The number of anilines is 1. The monoisotopic (exact) mass is 400 g/mol.